The Morgan fingerprint density at radius 2 is 1.81 bits per heavy atom. The van der Waals surface area contributed by atoms with E-state index in [9.17, 15) is 13.6 Å². The number of alkyl halides is 2. The number of hydrogen-bond acceptors (Lipinski definition) is 5. The number of nitrogen functional groups attached to an aromatic ring is 1. The predicted molar refractivity (Wildman–Crippen MR) is 122 cm³/mol. The van der Waals surface area contributed by atoms with Crippen LogP contribution in [0, 0.1) is 5.41 Å². The van der Waals surface area contributed by atoms with Crippen LogP contribution in [0.2, 0.25) is 0 Å². The number of nitrogens with two attached hydrogens (primary N) is 1. The summed E-state index contributed by atoms with van der Waals surface area (Å²) < 4.78 is 26.9. The average Bonchev–Trinajstić information content (AvgIpc) is 2.74. The third-order valence-corrected chi connectivity index (χ3v) is 6.78. The summed E-state index contributed by atoms with van der Waals surface area (Å²) in [5, 5.41) is 2.79. The minimum Gasteiger partial charge on any atom is -0.399 e. The summed E-state index contributed by atoms with van der Waals surface area (Å²) in [6.07, 6.45) is 5.38. The van der Waals surface area contributed by atoms with Gasteiger partial charge in [0.2, 0.25) is 5.95 Å². The van der Waals surface area contributed by atoms with Gasteiger partial charge in [-0.3, -0.25) is 10.1 Å². The molecule has 1 aromatic carbocycles. The van der Waals surface area contributed by atoms with E-state index in [1.54, 1.807) is 23.1 Å². The molecule has 3 N–H and O–H groups in total. The maximum atomic E-state index is 13.5. The van der Waals surface area contributed by atoms with Crippen molar-refractivity contribution in [2.75, 3.05) is 29.0 Å². The number of rotatable bonds is 4. The summed E-state index contributed by atoms with van der Waals surface area (Å²) in [5.41, 5.74) is 8.56. The minimum absolute atomic E-state index is 0.164. The van der Waals surface area contributed by atoms with E-state index in [0.29, 0.717) is 22.5 Å². The Bertz CT molecular complexity index is 974. The maximum absolute atomic E-state index is 13.5. The van der Waals surface area contributed by atoms with Crippen molar-refractivity contribution in [3.8, 4) is 0 Å². The molecule has 1 aliphatic heterocycles. The van der Waals surface area contributed by atoms with Crippen LogP contribution >= 0.6 is 0 Å². The molecule has 4 rings (SSSR count). The van der Waals surface area contributed by atoms with Gasteiger partial charge < -0.3 is 10.6 Å². The molecule has 172 valence electrons. The summed E-state index contributed by atoms with van der Waals surface area (Å²) in [4.78, 5) is 23.5. The third-order valence-electron chi connectivity index (χ3n) is 6.78. The van der Waals surface area contributed by atoms with E-state index < -0.39 is 5.92 Å². The number of amides is 1. The van der Waals surface area contributed by atoms with E-state index in [-0.39, 0.29) is 43.7 Å². The molecule has 1 amide bonds. The summed E-state index contributed by atoms with van der Waals surface area (Å²) in [5.74, 6) is -1.92. The third kappa shape index (κ3) is 5.16. The van der Waals surface area contributed by atoms with Crippen molar-refractivity contribution in [1.29, 1.82) is 0 Å². The van der Waals surface area contributed by atoms with Crippen molar-refractivity contribution >= 4 is 23.4 Å². The number of nitrogens with one attached hydrogen (secondary N) is 1. The molecule has 1 aliphatic carbocycles. The van der Waals surface area contributed by atoms with Crippen LogP contribution in [-0.4, -0.2) is 34.9 Å². The van der Waals surface area contributed by atoms with Gasteiger partial charge in [0.1, 0.15) is 5.82 Å². The van der Waals surface area contributed by atoms with Crippen molar-refractivity contribution in [3.63, 3.8) is 0 Å². The van der Waals surface area contributed by atoms with Gasteiger partial charge in [-0.25, -0.2) is 13.8 Å². The first-order valence-electron chi connectivity index (χ1n) is 11.3. The van der Waals surface area contributed by atoms with Crippen molar-refractivity contribution < 1.29 is 13.6 Å². The number of aromatic nitrogens is 2. The lowest BCUT2D eigenvalue weighted by atomic mass is 9.70. The number of anilines is 3. The van der Waals surface area contributed by atoms with Crippen LogP contribution in [0.5, 0.6) is 0 Å². The molecule has 2 aliphatic rings. The van der Waals surface area contributed by atoms with Gasteiger partial charge in [0.15, 0.2) is 0 Å². The number of hydrogen-bond donors (Lipinski definition) is 2. The summed E-state index contributed by atoms with van der Waals surface area (Å²) in [6, 6.07) is 7.08. The normalized spacial score (nSPS) is 20.7. The van der Waals surface area contributed by atoms with E-state index >= 15 is 0 Å². The zero-order chi connectivity index (χ0) is 22.9. The zero-order valence-electron chi connectivity index (χ0n) is 18.7. The van der Waals surface area contributed by atoms with E-state index in [1.807, 2.05) is 6.07 Å². The van der Waals surface area contributed by atoms with E-state index in [1.165, 1.54) is 6.20 Å². The highest BCUT2D eigenvalue weighted by Gasteiger charge is 2.34. The Morgan fingerprint density at radius 3 is 2.50 bits per heavy atom. The molecule has 2 heterocycles. The molecular formula is C24H31F2N5O. The standard InChI is InChI=1S/C24H31F2N5O/c1-23(2)8-5-16(6-9-23)19-15-17(27)3-4-18(19)21(32)30-22-28-12-7-20(29-22)31-13-10-24(25,26)11-14-31/h3-4,7,12,15-16H,5-6,8-11,13-14,27H2,1-2H3,(H,28,29,30,32). The van der Waals surface area contributed by atoms with Crippen LogP contribution in [0.1, 0.15) is 74.2 Å². The van der Waals surface area contributed by atoms with Crippen molar-refractivity contribution in [3.05, 3.63) is 41.6 Å². The van der Waals surface area contributed by atoms with Gasteiger partial charge in [-0.15, -0.1) is 0 Å². The van der Waals surface area contributed by atoms with Crippen LogP contribution < -0.4 is 16.0 Å². The first-order valence-corrected chi connectivity index (χ1v) is 11.3. The molecule has 32 heavy (non-hydrogen) atoms. The lowest BCUT2D eigenvalue weighted by molar-refractivity contribution is -0.0221. The molecule has 1 aromatic heterocycles. The van der Waals surface area contributed by atoms with Gasteiger partial charge in [-0.2, -0.15) is 4.98 Å². The highest BCUT2D eigenvalue weighted by atomic mass is 19.3. The Kier molecular flexibility index (Phi) is 6.05. The highest BCUT2D eigenvalue weighted by molar-refractivity contribution is 6.04. The monoisotopic (exact) mass is 443 g/mol. The van der Waals surface area contributed by atoms with Gasteiger partial charge >= 0.3 is 0 Å². The fourth-order valence-electron chi connectivity index (χ4n) is 4.65. The predicted octanol–water partition coefficient (Wildman–Crippen LogP) is 5.23. The van der Waals surface area contributed by atoms with Crippen LogP contribution in [-0.2, 0) is 0 Å². The van der Waals surface area contributed by atoms with Crippen LogP contribution in [0.3, 0.4) is 0 Å². The summed E-state index contributed by atoms with van der Waals surface area (Å²) in [7, 11) is 0. The number of piperidine rings is 1. The smallest absolute Gasteiger partial charge is 0.258 e. The number of carbonyl (C=O) groups excluding carboxylic acids is 1. The van der Waals surface area contributed by atoms with Crippen LogP contribution in [0.25, 0.3) is 0 Å². The molecule has 8 heteroatoms. The summed E-state index contributed by atoms with van der Waals surface area (Å²) >= 11 is 0. The molecule has 0 bridgehead atoms. The van der Waals surface area contributed by atoms with E-state index in [4.69, 9.17) is 5.73 Å². The molecule has 0 unspecified atom stereocenters. The molecule has 0 atom stereocenters. The van der Waals surface area contributed by atoms with Crippen LogP contribution in [0.4, 0.5) is 26.2 Å². The Hall–Kier alpha value is -2.77. The van der Waals surface area contributed by atoms with Crippen molar-refractivity contribution in [2.45, 2.75) is 64.2 Å². The summed E-state index contributed by atoms with van der Waals surface area (Å²) in [6.45, 7) is 5.00. The van der Waals surface area contributed by atoms with Crippen molar-refractivity contribution in [1.82, 2.24) is 9.97 Å². The fraction of sp³-hybridized carbons (Fsp3) is 0.542. The molecular weight excluding hydrogens is 412 g/mol. The minimum atomic E-state index is -2.62. The first-order chi connectivity index (χ1) is 15.1. The second-order valence-electron chi connectivity index (χ2n) is 9.82. The molecule has 1 saturated heterocycles. The van der Waals surface area contributed by atoms with Crippen LogP contribution in [0.15, 0.2) is 30.5 Å². The zero-order valence-corrected chi connectivity index (χ0v) is 18.7. The lowest BCUT2D eigenvalue weighted by Gasteiger charge is -2.35. The second-order valence-corrected chi connectivity index (χ2v) is 9.82. The van der Waals surface area contributed by atoms with Gasteiger partial charge in [-0.1, -0.05) is 13.8 Å². The van der Waals surface area contributed by atoms with Gasteiger partial charge in [0.05, 0.1) is 0 Å². The maximum Gasteiger partial charge on any atom is 0.258 e. The highest BCUT2D eigenvalue weighted by Crippen LogP contribution is 2.43. The number of benzene rings is 1. The molecule has 6 nitrogen and oxygen atoms in total. The molecule has 2 aromatic rings. The van der Waals surface area contributed by atoms with E-state index in [2.05, 4.69) is 29.1 Å². The Balaban J connectivity index is 1.50. The number of halogens is 2. The lowest BCUT2D eigenvalue weighted by Crippen LogP contribution is -2.39. The quantitative estimate of drug-likeness (QED) is 0.632. The molecule has 2 fully saturated rings. The Morgan fingerprint density at radius 1 is 1.12 bits per heavy atom. The number of nitrogens with zero attached hydrogens (tertiary/aromatic N) is 3. The topological polar surface area (TPSA) is 84.1 Å². The molecule has 0 spiro atoms. The van der Waals surface area contributed by atoms with Gasteiger partial charge in [0, 0.05) is 43.4 Å². The average molecular weight is 444 g/mol. The van der Waals surface area contributed by atoms with E-state index in [0.717, 1.165) is 31.2 Å². The SMILES string of the molecule is CC1(C)CCC(c2cc(N)ccc2C(=O)Nc2nccc(N3CCC(F)(F)CC3)n2)CC1. The number of carbonyl (C=O) groups is 1. The fourth-order valence-corrected chi connectivity index (χ4v) is 4.65. The molecule has 0 radical (unpaired) electrons. The first kappa shape index (κ1) is 22.4. The second kappa shape index (κ2) is 8.64. The largest absolute Gasteiger partial charge is 0.399 e. The van der Waals surface area contributed by atoms with Crippen molar-refractivity contribution in [2.24, 2.45) is 5.41 Å². The Labute approximate surface area is 187 Å². The van der Waals surface area contributed by atoms with Gasteiger partial charge in [0.25, 0.3) is 11.8 Å². The molecule has 1 saturated carbocycles. The van der Waals surface area contributed by atoms with Gasteiger partial charge in [-0.05, 0) is 66.8 Å².